The van der Waals surface area contributed by atoms with Crippen molar-refractivity contribution in [2.45, 2.75) is 19.9 Å². The summed E-state index contributed by atoms with van der Waals surface area (Å²) in [4.78, 5) is 17.6. The van der Waals surface area contributed by atoms with Gasteiger partial charge in [-0.25, -0.2) is 4.98 Å². The highest BCUT2D eigenvalue weighted by Gasteiger charge is 2.10. The number of ketones is 1. The van der Waals surface area contributed by atoms with Crippen LogP contribution in [-0.2, 0) is 0 Å². The van der Waals surface area contributed by atoms with Gasteiger partial charge in [0.25, 0.3) is 0 Å². The molecular formula is C11H17N3O. The van der Waals surface area contributed by atoms with Gasteiger partial charge in [-0.05, 0) is 13.8 Å². The standard InChI is InChI=1S/C11H17N3O/c1-9(2)14-8-12-7-10(14)11(15)5-6-13(3)4/h5-9H,1-4H3. The second-order valence-corrected chi connectivity index (χ2v) is 3.92. The van der Waals surface area contributed by atoms with E-state index in [4.69, 9.17) is 0 Å². The normalized spacial score (nSPS) is 11.3. The summed E-state index contributed by atoms with van der Waals surface area (Å²) in [7, 11) is 3.76. The lowest BCUT2D eigenvalue weighted by Gasteiger charge is -2.09. The fourth-order valence-electron chi connectivity index (χ4n) is 1.21. The average molecular weight is 207 g/mol. The minimum absolute atomic E-state index is 0.0186. The molecule has 0 bridgehead atoms. The van der Waals surface area contributed by atoms with E-state index in [9.17, 15) is 4.79 Å². The van der Waals surface area contributed by atoms with Crippen molar-refractivity contribution >= 4 is 5.78 Å². The minimum Gasteiger partial charge on any atom is -0.383 e. The number of hydrogen-bond acceptors (Lipinski definition) is 3. The molecule has 0 aliphatic carbocycles. The topological polar surface area (TPSA) is 38.1 Å². The molecule has 1 rings (SSSR count). The summed E-state index contributed by atoms with van der Waals surface area (Å²) >= 11 is 0. The van der Waals surface area contributed by atoms with E-state index in [1.807, 2.05) is 37.4 Å². The Morgan fingerprint density at radius 1 is 1.53 bits per heavy atom. The van der Waals surface area contributed by atoms with Crippen molar-refractivity contribution in [3.63, 3.8) is 0 Å². The summed E-state index contributed by atoms with van der Waals surface area (Å²) in [5, 5.41) is 0. The molecule has 0 aromatic carbocycles. The molecule has 0 atom stereocenters. The molecule has 0 saturated carbocycles. The molecule has 4 nitrogen and oxygen atoms in total. The third-order valence-electron chi connectivity index (χ3n) is 2.00. The number of aromatic nitrogens is 2. The van der Waals surface area contributed by atoms with E-state index in [1.165, 1.54) is 0 Å². The van der Waals surface area contributed by atoms with Gasteiger partial charge >= 0.3 is 0 Å². The molecule has 1 heterocycles. The van der Waals surface area contributed by atoms with E-state index in [1.54, 1.807) is 24.8 Å². The zero-order valence-electron chi connectivity index (χ0n) is 9.64. The summed E-state index contributed by atoms with van der Waals surface area (Å²) < 4.78 is 1.86. The zero-order valence-corrected chi connectivity index (χ0v) is 9.64. The molecule has 1 aromatic heterocycles. The summed E-state index contributed by atoms with van der Waals surface area (Å²) in [6, 6.07) is 0.249. The zero-order chi connectivity index (χ0) is 11.4. The Kier molecular flexibility index (Phi) is 3.66. The third-order valence-corrected chi connectivity index (χ3v) is 2.00. The van der Waals surface area contributed by atoms with Crippen molar-refractivity contribution in [2.75, 3.05) is 14.1 Å². The van der Waals surface area contributed by atoms with Gasteiger partial charge in [0.15, 0.2) is 0 Å². The molecule has 82 valence electrons. The van der Waals surface area contributed by atoms with Crippen molar-refractivity contribution < 1.29 is 4.79 Å². The van der Waals surface area contributed by atoms with Crippen LogP contribution in [0.1, 0.15) is 30.4 Å². The molecule has 15 heavy (non-hydrogen) atoms. The van der Waals surface area contributed by atoms with Crippen molar-refractivity contribution in [3.8, 4) is 0 Å². The molecule has 0 unspecified atom stereocenters. The van der Waals surface area contributed by atoms with E-state index in [-0.39, 0.29) is 11.8 Å². The fraction of sp³-hybridized carbons (Fsp3) is 0.455. The Balaban J connectivity index is 2.87. The highest BCUT2D eigenvalue weighted by molar-refractivity contribution is 6.03. The Labute approximate surface area is 90.2 Å². The van der Waals surface area contributed by atoms with Crippen molar-refractivity contribution in [3.05, 3.63) is 30.5 Å². The largest absolute Gasteiger partial charge is 0.383 e. The number of carbonyl (C=O) groups is 1. The van der Waals surface area contributed by atoms with Gasteiger partial charge in [-0.3, -0.25) is 4.79 Å². The van der Waals surface area contributed by atoms with Crippen LogP contribution in [0.2, 0.25) is 0 Å². The minimum atomic E-state index is -0.0186. The molecule has 0 saturated heterocycles. The predicted molar refractivity (Wildman–Crippen MR) is 59.8 cm³/mol. The van der Waals surface area contributed by atoms with E-state index in [0.29, 0.717) is 5.69 Å². The SMILES string of the molecule is CC(C)n1cncc1C(=O)C=CN(C)C. The summed E-state index contributed by atoms with van der Waals surface area (Å²) in [6.07, 6.45) is 6.57. The molecule has 0 aliphatic rings. The first-order chi connectivity index (χ1) is 7.02. The molecule has 0 N–H and O–H groups in total. The van der Waals surface area contributed by atoms with Crippen LogP contribution in [0, 0.1) is 0 Å². The highest BCUT2D eigenvalue weighted by Crippen LogP contribution is 2.09. The maximum Gasteiger partial charge on any atom is 0.205 e. The van der Waals surface area contributed by atoms with E-state index in [0.717, 1.165) is 0 Å². The first-order valence-electron chi connectivity index (χ1n) is 4.93. The monoisotopic (exact) mass is 207 g/mol. The smallest absolute Gasteiger partial charge is 0.205 e. The molecule has 0 fully saturated rings. The number of rotatable bonds is 4. The van der Waals surface area contributed by atoms with Crippen LogP contribution in [0.4, 0.5) is 0 Å². The maximum absolute atomic E-state index is 11.8. The predicted octanol–water partition coefficient (Wildman–Crippen LogP) is 1.72. The van der Waals surface area contributed by atoms with E-state index in [2.05, 4.69) is 4.98 Å². The molecule has 1 aromatic rings. The Bertz CT molecular complexity index is 364. The lowest BCUT2D eigenvalue weighted by Crippen LogP contribution is -2.09. The maximum atomic E-state index is 11.8. The number of imidazole rings is 1. The number of nitrogens with zero attached hydrogens (tertiary/aromatic N) is 3. The van der Waals surface area contributed by atoms with Crippen LogP contribution in [0.25, 0.3) is 0 Å². The number of hydrogen-bond donors (Lipinski definition) is 0. The van der Waals surface area contributed by atoms with Gasteiger partial charge < -0.3 is 9.47 Å². The highest BCUT2D eigenvalue weighted by atomic mass is 16.1. The van der Waals surface area contributed by atoms with E-state index < -0.39 is 0 Å². The Morgan fingerprint density at radius 3 is 2.73 bits per heavy atom. The Hall–Kier alpha value is -1.58. The molecule has 0 radical (unpaired) electrons. The van der Waals surface area contributed by atoms with E-state index >= 15 is 0 Å². The molecule has 0 aliphatic heterocycles. The van der Waals surface area contributed by atoms with Gasteiger partial charge in [-0.15, -0.1) is 0 Å². The summed E-state index contributed by atoms with van der Waals surface area (Å²) in [5.74, 6) is -0.0186. The van der Waals surface area contributed by atoms with Crippen LogP contribution in [0.15, 0.2) is 24.8 Å². The van der Waals surface area contributed by atoms with Crippen molar-refractivity contribution in [1.82, 2.24) is 14.5 Å². The lowest BCUT2D eigenvalue weighted by atomic mass is 10.2. The quantitative estimate of drug-likeness (QED) is 0.557. The second-order valence-electron chi connectivity index (χ2n) is 3.92. The van der Waals surface area contributed by atoms with Crippen LogP contribution in [-0.4, -0.2) is 34.3 Å². The van der Waals surface area contributed by atoms with Gasteiger partial charge in [-0.2, -0.15) is 0 Å². The van der Waals surface area contributed by atoms with Crippen LogP contribution < -0.4 is 0 Å². The summed E-state index contributed by atoms with van der Waals surface area (Å²) in [5.41, 5.74) is 0.628. The van der Waals surface area contributed by atoms with Crippen molar-refractivity contribution in [2.24, 2.45) is 0 Å². The molecule has 4 heteroatoms. The lowest BCUT2D eigenvalue weighted by molar-refractivity contribution is 0.103. The Morgan fingerprint density at radius 2 is 2.20 bits per heavy atom. The van der Waals surface area contributed by atoms with Crippen molar-refractivity contribution in [1.29, 1.82) is 0 Å². The van der Waals surface area contributed by atoms with Gasteiger partial charge in [0, 0.05) is 32.4 Å². The number of carbonyl (C=O) groups excluding carboxylic acids is 1. The first kappa shape index (κ1) is 11.5. The van der Waals surface area contributed by atoms with Crippen LogP contribution in [0.3, 0.4) is 0 Å². The average Bonchev–Trinajstić information content (AvgIpc) is 2.62. The van der Waals surface area contributed by atoms with Crippen LogP contribution in [0.5, 0.6) is 0 Å². The van der Waals surface area contributed by atoms with Gasteiger partial charge in [0.2, 0.25) is 5.78 Å². The van der Waals surface area contributed by atoms with Gasteiger partial charge in [0.1, 0.15) is 5.69 Å². The summed E-state index contributed by atoms with van der Waals surface area (Å²) in [6.45, 7) is 4.04. The third kappa shape index (κ3) is 2.94. The van der Waals surface area contributed by atoms with Gasteiger partial charge in [-0.1, -0.05) is 0 Å². The second kappa shape index (κ2) is 4.77. The number of allylic oxidation sites excluding steroid dienone is 1. The molecular weight excluding hydrogens is 190 g/mol. The van der Waals surface area contributed by atoms with Gasteiger partial charge in [0.05, 0.1) is 12.5 Å². The fourth-order valence-corrected chi connectivity index (χ4v) is 1.21. The van der Waals surface area contributed by atoms with Crippen LogP contribution >= 0.6 is 0 Å². The molecule has 0 amide bonds. The molecule has 0 spiro atoms. The first-order valence-corrected chi connectivity index (χ1v) is 4.93.